The van der Waals surface area contributed by atoms with E-state index in [1.54, 1.807) is 43.3 Å². The number of nitrogens with one attached hydrogen (secondary N) is 1. The van der Waals surface area contributed by atoms with Crippen LogP contribution >= 0.6 is 15.9 Å². The Bertz CT molecular complexity index is 906. The Morgan fingerprint density at radius 3 is 2.00 bits per heavy atom. The van der Waals surface area contributed by atoms with E-state index in [9.17, 15) is 16.8 Å². The van der Waals surface area contributed by atoms with E-state index < -0.39 is 25.9 Å². The van der Waals surface area contributed by atoms with Gasteiger partial charge in [0.25, 0.3) is 0 Å². The van der Waals surface area contributed by atoms with Gasteiger partial charge in [-0.3, -0.25) is 0 Å². The summed E-state index contributed by atoms with van der Waals surface area (Å²) < 4.78 is 51.0. The van der Waals surface area contributed by atoms with E-state index in [4.69, 9.17) is 0 Å². The molecule has 2 aromatic rings. The van der Waals surface area contributed by atoms with Crippen molar-refractivity contribution in [3.63, 3.8) is 0 Å². The fourth-order valence-electron chi connectivity index (χ4n) is 2.18. The third kappa shape index (κ3) is 5.41. The van der Waals surface area contributed by atoms with Gasteiger partial charge in [-0.1, -0.05) is 40.2 Å². The fraction of sp³-hybridized carbons (Fsp3) is 0.250. The van der Waals surface area contributed by atoms with Crippen LogP contribution in [0.5, 0.6) is 0 Å². The van der Waals surface area contributed by atoms with Crippen molar-refractivity contribution in [2.75, 3.05) is 6.26 Å². The van der Waals surface area contributed by atoms with Gasteiger partial charge in [0, 0.05) is 16.8 Å². The number of hydrogen-bond acceptors (Lipinski definition) is 4. The van der Waals surface area contributed by atoms with Crippen molar-refractivity contribution < 1.29 is 16.8 Å². The zero-order chi connectivity index (χ0) is 18.0. The zero-order valence-corrected chi connectivity index (χ0v) is 16.4. The van der Waals surface area contributed by atoms with E-state index in [2.05, 4.69) is 20.7 Å². The van der Waals surface area contributed by atoms with Crippen LogP contribution in [0.4, 0.5) is 0 Å². The lowest BCUT2D eigenvalue weighted by atomic mass is 10.1. The smallest absolute Gasteiger partial charge is 0.216 e. The molecule has 1 unspecified atom stereocenters. The first-order chi connectivity index (χ1) is 11.1. The second-order valence-corrected chi connectivity index (χ2v) is 10.3. The first-order valence-electron chi connectivity index (χ1n) is 7.11. The summed E-state index contributed by atoms with van der Waals surface area (Å²) in [5, 5.41) is 0. The van der Waals surface area contributed by atoms with Crippen LogP contribution in [-0.2, 0) is 25.6 Å². The monoisotopic (exact) mass is 431 g/mol. The lowest BCUT2D eigenvalue weighted by molar-refractivity contribution is 0.565. The number of rotatable bonds is 6. The molecule has 130 valence electrons. The molecule has 0 saturated heterocycles. The molecule has 0 aliphatic rings. The summed E-state index contributed by atoms with van der Waals surface area (Å²) in [4.78, 5) is 0.205. The topological polar surface area (TPSA) is 80.3 Å². The lowest BCUT2D eigenvalue weighted by Crippen LogP contribution is -2.28. The molecular weight excluding hydrogens is 414 g/mol. The number of sulfonamides is 1. The molecule has 2 aromatic carbocycles. The summed E-state index contributed by atoms with van der Waals surface area (Å²) in [7, 11) is -6.78. The molecule has 0 aliphatic heterocycles. The summed E-state index contributed by atoms with van der Waals surface area (Å²) in [6.45, 7) is 1.72. The first-order valence-corrected chi connectivity index (χ1v) is 11.4. The summed E-state index contributed by atoms with van der Waals surface area (Å²) in [6.07, 6.45) is 1.13. The minimum atomic E-state index is -3.52. The Morgan fingerprint density at radius 1 is 0.958 bits per heavy atom. The summed E-state index contributed by atoms with van der Waals surface area (Å²) in [6, 6.07) is 12.8. The van der Waals surface area contributed by atoms with E-state index in [1.807, 2.05) is 0 Å². The molecule has 0 saturated carbocycles. The van der Waals surface area contributed by atoms with Crippen LogP contribution in [0.15, 0.2) is 57.9 Å². The van der Waals surface area contributed by atoms with Gasteiger partial charge in [-0.15, -0.1) is 0 Å². The van der Waals surface area contributed by atoms with E-state index in [1.165, 1.54) is 12.1 Å². The molecule has 0 radical (unpaired) electrons. The third-order valence-corrected chi connectivity index (χ3v) is 6.52. The van der Waals surface area contributed by atoms with Gasteiger partial charge in [0.2, 0.25) is 10.0 Å². The fourth-order valence-corrected chi connectivity index (χ4v) is 4.47. The highest BCUT2D eigenvalue weighted by atomic mass is 79.9. The summed E-state index contributed by atoms with van der Waals surface area (Å²) >= 11 is 3.31. The van der Waals surface area contributed by atoms with Crippen molar-refractivity contribution in [2.45, 2.75) is 23.6 Å². The molecule has 0 amide bonds. The molecule has 0 fully saturated rings. The van der Waals surface area contributed by atoms with Crippen molar-refractivity contribution in [3.05, 3.63) is 64.1 Å². The predicted molar refractivity (Wildman–Crippen MR) is 97.9 cm³/mol. The number of hydrogen-bond donors (Lipinski definition) is 1. The van der Waals surface area contributed by atoms with Gasteiger partial charge in [-0.25, -0.2) is 21.6 Å². The maximum Gasteiger partial charge on any atom is 0.216 e. The minimum Gasteiger partial charge on any atom is -0.224 e. The van der Waals surface area contributed by atoms with Gasteiger partial charge in [-0.05, 0) is 42.3 Å². The van der Waals surface area contributed by atoms with Crippen molar-refractivity contribution in [3.8, 4) is 0 Å². The van der Waals surface area contributed by atoms with Gasteiger partial charge in [0.15, 0.2) is 9.84 Å². The molecular formula is C16H18BrNO4S2. The van der Waals surface area contributed by atoms with Crippen LogP contribution in [0.1, 0.15) is 24.1 Å². The number of sulfone groups is 1. The van der Waals surface area contributed by atoms with Crippen LogP contribution in [0, 0.1) is 0 Å². The zero-order valence-electron chi connectivity index (χ0n) is 13.2. The molecule has 1 N–H and O–H groups in total. The highest BCUT2D eigenvalue weighted by molar-refractivity contribution is 9.10. The molecule has 0 aromatic heterocycles. The summed E-state index contributed by atoms with van der Waals surface area (Å²) in [5.41, 5.74) is 1.38. The average Bonchev–Trinajstić information content (AvgIpc) is 2.48. The Balaban J connectivity index is 2.10. The molecule has 1 atom stereocenters. The minimum absolute atomic E-state index is 0.119. The van der Waals surface area contributed by atoms with Crippen molar-refractivity contribution in [1.82, 2.24) is 4.72 Å². The Labute approximate surface area is 151 Å². The quantitative estimate of drug-likeness (QED) is 0.761. The Morgan fingerprint density at radius 2 is 1.50 bits per heavy atom. The maximum atomic E-state index is 12.3. The van der Waals surface area contributed by atoms with Crippen molar-refractivity contribution >= 4 is 35.8 Å². The molecule has 0 heterocycles. The Hall–Kier alpha value is -1.22. The highest BCUT2D eigenvalue weighted by Crippen LogP contribution is 2.18. The summed E-state index contributed by atoms with van der Waals surface area (Å²) in [5.74, 6) is -0.119. The number of halogens is 1. The van der Waals surface area contributed by atoms with E-state index >= 15 is 0 Å². The maximum absolute atomic E-state index is 12.3. The van der Waals surface area contributed by atoms with Gasteiger partial charge < -0.3 is 0 Å². The standard InChI is InChI=1S/C16H18BrNO4S2/c1-12(14-5-9-16(10-6-14)23(2,19)20)18-24(21,22)11-13-3-7-15(17)8-4-13/h3-10,12,18H,11H2,1-2H3. The van der Waals surface area contributed by atoms with Gasteiger partial charge in [0.1, 0.15) is 0 Å². The second kappa shape index (κ2) is 7.35. The van der Waals surface area contributed by atoms with E-state index in [0.29, 0.717) is 11.1 Å². The average molecular weight is 432 g/mol. The molecule has 0 aliphatic carbocycles. The highest BCUT2D eigenvalue weighted by Gasteiger charge is 2.17. The van der Waals surface area contributed by atoms with Gasteiger partial charge in [0.05, 0.1) is 10.6 Å². The van der Waals surface area contributed by atoms with Crippen LogP contribution in [0.25, 0.3) is 0 Å². The lowest BCUT2D eigenvalue weighted by Gasteiger charge is -2.15. The van der Waals surface area contributed by atoms with Crippen LogP contribution in [0.3, 0.4) is 0 Å². The van der Waals surface area contributed by atoms with Gasteiger partial charge in [-0.2, -0.15) is 0 Å². The van der Waals surface area contributed by atoms with Gasteiger partial charge >= 0.3 is 0 Å². The normalized spacial score (nSPS) is 13.6. The Kier molecular flexibility index (Phi) is 5.85. The van der Waals surface area contributed by atoms with Crippen LogP contribution < -0.4 is 4.72 Å². The van der Waals surface area contributed by atoms with Crippen LogP contribution in [-0.4, -0.2) is 23.1 Å². The predicted octanol–water partition coefficient (Wildman–Crippen LogP) is 3.03. The largest absolute Gasteiger partial charge is 0.224 e. The third-order valence-electron chi connectivity index (χ3n) is 3.43. The van der Waals surface area contributed by atoms with Crippen molar-refractivity contribution in [1.29, 1.82) is 0 Å². The molecule has 24 heavy (non-hydrogen) atoms. The van der Waals surface area contributed by atoms with Crippen molar-refractivity contribution in [2.24, 2.45) is 0 Å². The van der Waals surface area contributed by atoms with E-state index in [-0.39, 0.29) is 10.6 Å². The molecule has 0 spiro atoms. The molecule has 2 rings (SSSR count). The first kappa shape index (κ1) is 19.1. The van der Waals surface area contributed by atoms with E-state index in [0.717, 1.165) is 10.7 Å². The van der Waals surface area contributed by atoms with Crippen LogP contribution in [0.2, 0.25) is 0 Å². The SMILES string of the molecule is CC(NS(=O)(=O)Cc1ccc(Br)cc1)c1ccc(S(C)(=O)=O)cc1. The molecule has 0 bridgehead atoms. The molecule has 5 nitrogen and oxygen atoms in total. The second-order valence-electron chi connectivity index (χ2n) is 5.57. The number of benzene rings is 2. The molecule has 8 heteroatoms.